The molecule has 1 aromatic carbocycles. The van der Waals surface area contributed by atoms with Gasteiger partial charge >= 0.3 is 5.97 Å². The largest absolute Gasteiger partial charge is 0.459 e. The molecule has 0 heterocycles. The smallest absolute Gasteiger partial charge is 0.339 e. The van der Waals surface area contributed by atoms with E-state index in [2.05, 4.69) is 0 Å². The van der Waals surface area contributed by atoms with Crippen LogP contribution in [0.1, 0.15) is 36.0 Å². The molecule has 0 aliphatic heterocycles. The molecule has 0 radical (unpaired) electrons. The van der Waals surface area contributed by atoms with Crippen LogP contribution in [0.4, 0.5) is 5.69 Å². The Morgan fingerprint density at radius 1 is 1.35 bits per heavy atom. The second kappa shape index (κ2) is 6.00. The molecule has 1 aliphatic rings. The van der Waals surface area contributed by atoms with E-state index in [1.54, 1.807) is 0 Å². The molecular weight excluding hydrogens is 286 g/mol. The Morgan fingerprint density at radius 3 is 2.55 bits per heavy atom. The lowest BCUT2D eigenvalue weighted by Gasteiger charge is -2.21. The van der Waals surface area contributed by atoms with Crippen molar-refractivity contribution in [2.75, 3.05) is 0 Å². The third-order valence-electron chi connectivity index (χ3n) is 3.15. The lowest BCUT2D eigenvalue weighted by molar-refractivity contribution is -0.384. The van der Waals surface area contributed by atoms with Crippen LogP contribution in [-0.2, 0) is 9.53 Å². The summed E-state index contributed by atoms with van der Waals surface area (Å²) in [5.41, 5.74) is -0.0935. The molecule has 6 nitrogen and oxygen atoms in total. The van der Waals surface area contributed by atoms with Gasteiger partial charge in [-0.2, -0.15) is 0 Å². The van der Waals surface area contributed by atoms with Gasteiger partial charge in [0, 0.05) is 25.0 Å². The van der Waals surface area contributed by atoms with Crippen LogP contribution < -0.4 is 0 Å². The van der Waals surface area contributed by atoms with Crippen molar-refractivity contribution in [3.8, 4) is 0 Å². The van der Waals surface area contributed by atoms with E-state index in [4.69, 9.17) is 16.3 Å². The molecule has 2 rings (SSSR count). The number of nitro groups is 1. The summed E-state index contributed by atoms with van der Waals surface area (Å²) < 4.78 is 5.26. The SMILES string of the molecule is O=C1CCC(OC(=O)c2ccc([N+](=O)[O-])cc2Cl)CC1. The van der Waals surface area contributed by atoms with Gasteiger partial charge in [-0.1, -0.05) is 11.6 Å². The quantitative estimate of drug-likeness (QED) is 0.486. The predicted octanol–water partition coefficient (Wildman–Crippen LogP) is 2.92. The number of nitro benzene ring substituents is 1. The molecule has 7 heteroatoms. The zero-order valence-electron chi connectivity index (χ0n) is 10.5. The van der Waals surface area contributed by atoms with Crippen molar-refractivity contribution in [3.63, 3.8) is 0 Å². The summed E-state index contributed by atoms with van der Waals surface area (Å²) in [6.45, 7) is 0. The summed E-state index contributed by atoms with van der Waals surface area (Å²) >= 11 is 5.85. The number of hydrogen-bond donors (Lipinski definition) is 0. The maximum atomic E-state index is 11.9. The average Bonchev–Trinajstić information content (AvgIpc) is 2.41. The van der Waals surface area contributed by atoms with E-state index in [9.17, 15) is 19.7 Å². The van der Waals surface area contributed by atoms with Gasteiger partial charge in [0.15, 0.2) is 0 Å². The monoisotopic (exact) mass is 297 g/mol. The fourth-order valence-corrected chi connectivity index (χ4v) is 2.28. The molecule has 20 heavy (non-hydrogen) atoms. The lowest BCUT2D eigenvalue weighted by Crippen LogP contribution is -2.24. The molecule has 0 amide bonds. The van der Waals surface area contributed by atoms with Gasteiger partial charge in [-0.15, -0.1) is 0 Å². The number of halogens is 1. The molecule has 1 saturated carbocycles. The molecule has 1 aromatic rings. The van der Waals surface area contributed by atoms with Gasteiger partial charge in [0.1, 0.15) is 11.9 Å². The number of non-ortho nitro benzene ring substituents is 1. The number of ketones is 1. The maximum absolute atomic E-state index is 11.9. The minimum atomic E-state index is -0.621. The molecule has 0 saturated heterocycles. The van der Waals surface area contributed by atoms with Crippen molar-refractivity contribution < 1.29 is 19.2 Å². The van der Waals surface area contributed by atoms with E-state index in [1.807, 2.05) is 0 Å². The zero-order valence-corrected chi connectivity index (χ0v) is 11.3. The first-order valence-corrected chi connectivity index (χ1v) is 6.52. The Bertz CT molecular complexity index is 562. The second-order valence-electron chi connectivity index (χ2n) is 4.56. The van der Waals surface area contributed by atoms with Crippen molar-refractivity contribution in [2.24, 2.45) is 0 Å². The molecule has 1 fully saturated rings. The number of rotatable bonds is 3. The van der Waals surface area contributed by atoms with Crippen molar-refractivity contribution in [2.45, 2.75) is 31.8 Å². The molecule has 0 aromatic heterocycles. The number of carbonyl (C=O) groups is 2. The third-order valence-corrected chi connectivity index (χ3v) is 3.46. The fraction of sp³-hybridized carbons (Fsp3) is 0.385. The summed E-state index contributed by atoms with van der Waals surface area (Å²) in [6, 6.07) is 3.59. The fourth-order valence-electron chi connectivity index (χ4n) is 2.03. The normalized spacial score (nSPS) is 15.9. The molecule has 0 N–H and O–H groups in total. The number of benzene rings is 1. The van der Waals surface area contributed by atoms with Gasteiger partial charge in [-0.05, 0) is 18.9 Å². The van der Waals surface area contributed by atoms with Crippen LogP contribution in [-0.4, -0.2) is 22.8 Å². The Kier molecular flexibility index (Phi) is 4.34. The van der Waals surface area contributed by atoms with E-state index < -0.39 is 10.9 Å². The minimum Gasteiger partial charge on any atom is -0.459 e. The van der Waals surface area contributed by atoms with Crippen LogP contribution in [0.3, 0.4) is 0 Å². The van der Waals surface area contributed by atoms with Crippen LogP contribution in [0.15, 0.2) is 18.2 Å². The van der Waals surface area contributed by atoms with Gasteiger partial charge in [0.05, 0.1) is 15.5 Å². The number of esters is 1. The van der Waals surface area contributed by atoms with Crippen molar-refractivity contribution in [1.82, 2.24) is 0 Å². The predicted molar refractivity (Wildman–Crippen MR) is 70.8 cm³/mol. The maximum Gasteiger partial charge on any atom is 0.339 e. The summed E-state index contributed by atoms with van der Waals surface area (Å²) in [5, 5.41) is 10.6. The number of nitrogens with zero attached hydrogens (tertiary/aromatic N) is 1. The molecule has 1 aliphatic carbocycles. The molecule has 106 valence electrons. The van der Waals surface area contributed by atoms with Crippen molar-refractivity contribution in [1.29, 1.82) is 0 Å². The van der Waals surface area contributed by atoms with Gasteiger partial charge in [0.2, 0.25) is 0 Å². The highest BCUT2D eigenvalue weighted by molar-refractivity contribution is 6.33. The van der Waals surface area contributed by atoms with Crippen molar-refractivity contribution >= 4 is 29.0 Å². The zero-order chi connectivity index (χ0) is 14.7. The number of carbonyl (C=O) groups excluding carboxylic acids is 2. The summed E-state index contributed by atoms with van der Waals surface area (Å²) in [4.78, 5) is 33.0. The summed E-state index contributed by atoms with van der Waals surface area (Å²) in [7, 11) is 0. The van der Waals surface area contributed by atoms with Gasteiger partial charge in [-0.25, -0.2) is 4.79 Å². The summed E-state index contributed by atoms with van der Waals surface area (Å²) in [6.07, 6.45) is 1.54. The highest BCUT2D eigenvalue weighted by Crippen LogP contribution is 2.25. The highest BCUT2D eigenvalue weighted by atomic mass is 35.5. The van der Waals surface area contributed by atoms with E-state index in [1.165, 1.54) is 12.1 Å². The highest BCUT2D eigenvalue weighted by Gasteiger charge is 2.24. The van der Waals surface area contributed by atoms with Crippen LogP contribution in [0, 0.1) is 10.1 Å². The van der Waals surface area contributed by atoms with Gasteiger partial charge in [-0.3, -0.25) is 14.9 Å². The molecule has 0 bridgehead atoms. The first-order valence-electron chi connectivity index (χ1n) is 6.14. The number of Topliss-reactive ketones (excluding diaryl/α,β-unsaturated/α-hetero) is 1. The third kappa shape index (κ3) is 3.33. The number of hydrogen-bond acceptors (Lipinski definition) is 5. The molecule has 0 spiro atoms. The Hall–Kier alpha value is -1.95. The molecule has 0 atom stereocenters. The number of ether oxygens (including phenoxy) is 1. The van der Waals surface area contributed by atoms with Crippen molar-refractivity contribution in [3.05, 3.63) is 38.9 Å². The van der Waals surface area contributed by atoms with E-state index >= 15 is 0 Å². The minimum absolute atomic E-state index is 0.0175. The molecular formula is C13H12ClNO5. The molecule has 0 unspecified atom stereocenters. The van der Waals surface area contributed by atoms with Crippen LogP contribution >= 0.6 is 11.6 Å². The summed E-state index contributed by atoms with van der Waals surface area (Å²) in [5.74, 6) is -0.449. The Balaban J connectivity index is 2.06. The van der Waals surface area contributed by atoms with Crippen LogP contribution in [0.25, 0.3) is 0 Å². The standard InChI is InChI=1S/C13H12ClNO5/c14-12-7-8(15(18)19)1-6-11(12)13(17)20-10-4-2-9(16)3-5-10/h1,6-7,10H,2-5H2. The second-order valence-corrected chi connectivity index (χ2v) is 4.97. The first-order chi connectivity index (χ1) is 9.47. The lowest BCUT2D eigenvalue weighted by atomic mass is 9.96. The van der Waals surface area contributed by atoms with Gasteiger partial charge in [0.25, 0.3) is 5.69 Å². The Labute approximate surface area is 119 Å². The van der Waals surface area contributed by atoms with E-state index in [-0.39, 0.29) is 28.2 Å². The van der Waals surface area contributed by atoms with Gasteiger partial charge < -0.3 is 4.74 Å². The topological polar surface area (TPSA) is 86.5 Å². The van der Waals surface area contributed by atoms with E-state index in [0.717, 1.165) is 6.07 Å². The Morgan fingerprint density at radius 2 is 2.00 bits per heavy atom. The first kappa shape index (κ1) is 14.5. The van der Waals surface area contributed by atoms with Crippen LogP contribution in [0.2, 0.25) is 5.02 Å². The average molecular weight is 298 g/mol. The van der Waals surface area contributed by atoms with E-state index in [0.29, 0.717) is 25.7 Å². The van der Waals surface area contributed by atoms with Crippen LogP contribution in [0.5, 0.6) is 0 Å².